The van der Waals surface area contributed by atoms with E-state index in [1.165, 1.54) is 0 Å². The Labute approximate surface area is 198 Å². The second-order valence-electron chi connectivity index (χ2n) is 8.13. The minimum Gasteiger partial charge on any atom is -0.490 e. The molecule has 5 rings (SSSR count). The third-order valence-electron chi connectivity index (χ3n) is 5.99. The number of fused-ring (bicyclic) bond motifs is 3. The molecule has 3 aromatic carbocycles. The molecule has 0 aliphatic carbocycles. The third kappa shape index (κ3) is 3.71. The monoisotopic (exact) mass is 453 g/mol. The molecular formula is C28H27N3O3. The van der Waals surface area contributed by atoms with Gasteiger partial charge in [0, 0.05) is 16.8 Å². The second-order valence-corrected chi connectivity index (χ2v) is 8.13. The van der Waals surface area contributed by atoms with Crippen LogP contribution in [0.1, 0.15) is 42.7 Å². The maximum atomic E-state index is 13.9. The molecule has 1 aliphatic rings. The molecule has 6 nitrogen and oxygen atoms in total. The van der Waals surface area contributed by atoms with Gasteiger partial charge in [0.1, 0.15) is 0 Å². The van der Waals surface area contributed by atoms with Gasteiger partial charge in [-0.3, -0.25) is 9.36 Å². The molecule has 1 unspecified atom stereocenters. The van der Waals surface area contributed by atoms with Crippen molar-refractivity contribution in [3.05, 3.63) is 95.2 Å². The van der Waals surface area contributed by atoms with E-state index in [1.807, 2.05) is 93.6 Å². The molecule has 1 atom stereocenters. The molecular weight excluding hydrogens is 426 g/mol. The van der Waals surface area contributed by atoms with Gasteiger partial charge in [-0.2, -0.15) is 0 Å². The molecule has 0 bridgehead atoms. The summed E-state index contributed by atoms with van der Waals surface area (Å²) in [6.45, 7) is 6.88. The van der Waals surface area contributed by atoms with E-state index >= 15 is 0 Å². The third-order valence-corrected chi connectivity index (χ3v) is 5.99. The number of hydrogen-bond donors (Lipinski definition) is 1. The van der Waals surface area contributed by atoms with E-state index in [0.717, 1.165) is 22.3 Å². The van der Waals surface area contributed by atoms with Crippen molar-refractivity contribution in [1.29, 1.82) is 0 Å². The van der Waals surface area contributed by atoms with Crippen LogP contribution in [0.25, 0.3) is 11.0 Å². The fourth-order valence-corrected chi connectivity index (χ4v) is 4.56. The van der Waals surface area contributed by atoms with Gasteiger partial charge in [-0.1, -0.05) is 48.5 Å². The first kappa shape index (κ1) is 21.8. The lowest BCUT2D eigenvalue weighted by Crippen LogP contribution is -2.28. The summed E-state index contributed by atoms with van der Waals surface area (Å²) in [7, 11) is 0. The van der Waals surface area contributed by atoms with Gasteiger partial charge in [0.25, 0.3) is 0 Å². The highest BCUT2D eigenvalue weighted by molar-refractivity contribution is 6.11. The number of benzene rings is 3. The molecule has 0 amide bonds. The van der Waals surface area contributed by atoms with Crippen molar-refractivity contribution < 1.29 is 14.3 Å². The molecule has 0 saturated heterocycles. The Morgan fingerprint density at radius 3 is 2.41 bits per heavy atom. The number of nitrogens with one attached hydrogen (secondary N) is 1. The molecule has 172 valence electrons. The van der Waals surface area contributed by atoms with E-state index in [0.29, 0.717) is 41.8 Å². The van der Waals surface area contributed by atoms with E-state index in [2.05, 4.69) is 9.88 Å². The number of allylic oxidation sites excluding steroid dienone is 2. The first-order valence-corrected chi connectivity index (χ1v) is 11.6. The van der Waals surface area contributed by atoms with Crippen molar-refractivity contribution in [3.63, 3.8) is 0 Å². The zero-order chi connectivity index (χ0) is 23.7. The number of rotatable bonds is 7. The zero-order valence-corrected chi connectivity index (χ0v) is 19.5. The van der Waals surface area contributed by atoms with Crippen molar-refractivity contribution in [2.45, 2.75) is 26.8 Å². The van der Waals surface area contributed by atoms with Crippen LogP contribution in [0.5, 0.6) is 11.5 Å². The summed E-state index contributed by atoms with van der Waals surface area (Å²) >= 11 is 0. The Morgan fingerprint density at radius 2 is 1.65 bits per heavy atom. The number of aromatic nitrogens is 2. The van der Waals surface area contributed by atoms with Crippen LogP contribution in [0.2, 0.25) is 0 Å². The number of nitrogens with zero attached hydrogens (tertiary/aromatic N) is 2. The number of para-hydroxylation sites is 2. The maximum Gasteiger partial charge on any atom is 0.209 e. The lowest BCUT2D eigenvalue weighted by atomic mass is 9.89. The number of Topliss-reactive ketones (excluding diaryl/α,β-unsaturated/α-hetero) is 1. The summed E-state index contributed by atoms with van der Waals surface area (Å²) in [6, 6.07) is 22.9. The summed E-state index contributed by atoms with van der Waals surface area (Å²) < 4.78 is 13.8. The fourth-order valence-electron chi connectivity index (χ4n) is 4.56. The van der Waals surface area contributed by atoms with Crippen LogP contribution in [0.3, 0.4) is 0 Å². The maximum absolute atomic E-state index is 13.9. The van der Waals surface area contributed by atoms with E-state index in [9.17, 15) is 4.79 Å². The molecule has 6 heteroatoms. The topological polar surface area (TPSA) is 65.4 Å². The van der Waals surface area contributed by atoms with E-state index in [-0.39, 0.29) is 11.8 Å². The predicted molar refractivity (Wildman–Crippen MR) is 134 cm³/mol. The molecule has 34 heavy (non-hydrogen) atoms. The highest BCUT2D eigenvalue weighted by Crippen LogP contribution is 2.42. The zero-order valence-electron chi connectivity index (χ0n) is 19.5. The number of ketones is 1. The smallest absolute Gasteiger partial charge is 0.209 e. The van der Waals surface area contributed by atoms with Crippen LogP contribution in [-0.4, -0.2) is 28.5 Å². The summed E-state index contributed by atoms with van der Waals surface area (Å²) in [6.07, 6.45) is 0. The number of ether oxygens (including phenoxy) is 2. The van der Waals surface area contributed by atoms with Crippen molar-refractivity contribution in [2.75, 3.05) is 18.5 Å². The highest BCUT2D eigenvalue weighted by atomic mass is 16.5. The van der Waals surface area contributed by atoms with Crippen molar-refractivity contribution in [3.8, 4) is 11.5 Å². The van der Waals surface area contributed by atoms with Gasteiger partial charge in [0.15, 0.2) is 17.3 Å². The molecule has 2 heterocycles. The lowest BCUT2D eigenvalue weighted by Gasteiger charge is -2.31. The Kier molecular flexibility index (Phi) is 5.80. The quantitative estimate of drug-likeness (QED) is 0.347. The number of imidazole rings is 1. The van der Waals surface area contributed by atoms with E-state index in [1.54, 1.807) is 0 Å². The van der Waals surface area contributed by atoms with Gasteiger partial charge in [0.2, 0.25) is 5.95 Å². The average Bonchev–Trinajstić information content (AvgIpc) is 3.22. The Hall–Kier alpha value is -4.06. The van der Waals surface area contributed by atoms with Crippen molar-refractivity contribution in [2.24, 2.45) is 0 Å². The molecule has 1 aromatic heterocycles. The first-order chi connectivity index (χ1) is 16.6. The SMILES string of the molecule is CCOc1ccc(C2C(C(=O)c3ccccc3)=C(C)Nc3nc4ccccc4n32)cc1OCC. The number of carbonyl (C=O) groups excluding carboxylic acids is 1. The van der Waals surface area contributed by atoms with Crippen LogP contribution >= 0.6 is 0 Å². The summed E-state index contributed by atoms with van der Waals surface area (Å²) in [4.78, 5) is 18.7. The molecule has 0 saturated carbocycles. The number of anilines is 1. The van der Waals surface area contributed by atoms with Gasteiger partial charge in [-0.05, 0) is 50.6 Å². The Morgan fingerprint density at radius 1 is 0.941 bits per heavy atom. The van der Waals surface area contributed by atoms with Gasteiger partial charge in [-0.15, -0.1) is 0 Å². The molecule has 1 aliphatic heterocycles. The van der Waals surface area contributed by atoms with E-state index in [4.69, 9.17) is 14.5 Å². The summed E-state index contributed by atoms with van der Waals surface area (Å²) in [5.41, 5.74) is 4.85. The van der Waals surface area contributed by atoms with Crippen LogP contribution in [0.4, 0.5) is 5.95 Å². The highest BCUT2D eigenvalue weighted by Gasteiger charge is 2.34. The van der Waals surface area contributed by atoms with Crippen LogP contribution in [-0.2, 0) is 0 Å². The average molecular weight is 454 g/mol. The fraction of sp³-hybridized carbons (Fsp3) is 0.214. The lowest BCUT2D eigenvalue weighted by molar-refractivity contribution is 0.102. The number of carbonyl (C=O) groups is 1. The minimum atomic E-state index is -0.383. The molecule has 0 spiro atoms. The normalized spacial score (nSPS) is 15.1. The van der Waals surface area contributed by atoms with E-state index < -0.39 is 0 Å². The van der Waals surface area contributed by atoms with Crippen LogP contribution in [0, 0.1) is 0 Å². The predicted octanol–water partition coefficient (Wildman–Crippen LogP) is 6.01. The first-order valence-electron chi connectivity index (χ1n) is 11.6. The summed E-state index contributed by atoms with van der Waals surface area (Å²) in [5.74, 6) is 2.04. The summed E-state index contributed by atoms with van der Waals surface area (Å²) in [5, 5.41) is 3.38. The van der Waals surface area contributed by atoms with Crippen LogP contribution < -0.4 is 14.8 Å². The van der Waals surface area contributed by atoms with Gasteiger partial charge < -0.3 is 14.8 Å². The standard InChI is InChI=1S/C28H27N3O3/c1-4-33-23-16-15-20(17-24(23)34-5-2)26-25(27(32)19-11-7-6-8-12-19)18(3)29-28-30-21-13-9-10-14-22(21)31(26)28/h6-17,26H,4-5H2,1-3H3,(H,29,30). The molecule has 1 N–H and O–H groups in total. The number of hydrogen-bond acceptors (Lipinski definition) is 5. The largest absolute Gasteiger partial charge is 0.490 e. The van der Waals surface area contributed by atoms with Crippen LogP contribution in [0.15, 0.2) is 84.1 Å². The second kappa shape index (κ2) is 9.06. The molecule has 4 aromatic rings. The Bertz CT molecular complexity index is 1390. The minimum absolute atomic E-state index is 0.0223. The van der Waals surface area contributed by atoms with Crippen molar-refractivity contribution in [1.82, 2.24) is 9.55 Å². The molecule has 0 radical (unpaired) electrons. The van der Waals surface area contributed by atoms with Gasteiger partial charge in [-0.25, -0.2) is 4.98 Å². The van der Waals surface area contributed by atoms with Crippen molar-refractivity contribution >= 4 is 22.8 Å². The van der Waals surface area contributed by atoms with Gasteiger partial charge in [0.05, 0.1) is 30.3 Å². The molecule has 0 fully saturated rings. The Balaban J connectivity index is 1.74. The van der Waals surface area contributed by atoms with Gasteiger partial charge >= 0.3 is 0 Å².